The Bertz CT molecular complexity index is 1210. The van der Waals surface area contributed by atoms with Gasteiger partial charge in [-0.1, -0.05) is 17.3 Å². The van der Waals surface area contributed by atoms with Crippen LogP contribution in [0.5, 0.6) is 0 Å². The quantitative estimate of drug-likeness (QED) is 0.442. The molecule has 0 radical (unpaired) electrons. The van der Waals surface area contributed by atoms with Crippen LogP contribution in [0.3, 0.4) is 0 Å². The van der Waals surface area contributed by atoms with Crippen molar-refractivity contribution in [2.75, 3.05) is 23.3 Å². The summed E-state index contributed by atoms with van der Waals surface area (Å²) < 4.78 is 5.15. The summed E-state index contributed by atoms with van der Waals surface area (Å²) in [5, 5.41) is 27.1. The molecule has 1 unspecified atom stereocenters. The van der Waals surface area contributed by atoms with Gasteiger partial charge in [0.15, 0.2) is 5.76 Å². The van der Waals surface area contributed by atoms with Crippen LogP contribution in [-0.4, -0.2) is 40.5 Å². The normalized spacial score (nSPS) is 19.5. The van der Waals surface area contributed by atoms with Gasteiger partial charge in [-0.3, -0.25) is 4.79 Å². The van der Waals surface area contributed by atoms with Crippen molar-refractivity contribution in [1.29, 1.82) is 0 Å². The first-order valence-electron chi connectivity index (χ1n) is 10.3. The number of benzene rings is 2. The molecule has 0 saturated carbocycles. The molecule has 1 saturated heterocycles. The third-order valence-electron chi connectivity index (χ3n) is 5.91. The largest absolute Gasteiger partial charge is 0.504 e. The molecular formula is C24H23N3O4. The predicted octanol–water partition coefficient (Wildman–Crippen LogP) is 3.91. The number of β-amino-alcohol motifs (C(OH)–C–C–N with tert-alkyl or cyclic N) is 1. The molecule has 7 heteroatoms. The fourth-order valence-electron chi connectivity index (χ4n) is 4.30. The van der Waals surface area contributed by atoms with Gasteiger partial charge < -0.3 is 25.0 Å². The van der Waals surface area contributed by atoms with E-state index in [0.717, 1.165) is 35.3 Å². The van der Waals surface area contributed by atoms with Crippen LogP contribution in [0.2, 0.25) is 0 Å². The lowest BCUT2D eigenvalue weighted by Gasteiger charge is -2.18. The molecule has 2 aliphatic heterocycles. The lowest BCUT2D eigenvalue weighted by atomic mass is 9.94. The van der Waals surface area contributed by atoms with Crippen molar-refractivity contribution in [3.05, 3.63) is 65.0 Å². The smallest absolute Gasteiger partial charge is 0.260 e. The van der Waals surface area contributed by atoms with Crippen molar-refractivity contribution in [2.24, 2.45) is 0 Å². The molecule has 0 aliphatic carbocycles. The highest BCUT2D eigenvalue weighted by Crippen LogP contribution is 2.40. The standard InChI is InChI=1S/C24H23N3O4/c1-13-9-20-19(22(24(30)25-20)23(29)21-10-14(2)26-31-21)11-18(13)15-3-5-16(6-4-15)27-8-7-17(28)12-27/h3-6,9-11,17,28-29H,7-8,12H2,1-2H3,(H,25,30). The predicted molar refractivity (Wildman–Crippen MR) is 119 cm³/mol. The topological polar surface area (TPSA) is 98.8 Å². The molecule has 0 bridgehead atoms. The third-order valence-corrected chi connectivity index (χ3v) is 5.91. The van der Waals surface area contributed by atoms with Gasteiger partial charge in [-0.25, -0.2) is 0 Å². The van der Waals surface area contributed by atoms with E-state index in [4.69, 9.17) is 4.52 Å². The maximum absolute atomic E-state index is 12.6. The summed E-state index contributed by atoms with van der Waals surface area (Å²) >= 11 is 0. The van der Waals surface area contributed by atoms with Crippen LogP contribution in [0.1, 0.15) is 29.0 Å². The first kappa shape index (κ1) is 19.4. The molecule has 3 heterocycles. The summed E-state index contributed by atoms with van der Waals surface area (Å²) in [7, 11) is 0. The zero-order valence-corrected chi connectivity index (χ0v) is 17.3. The molecule has 1 fully saturated rings. The number of carbonyl (C=O) groups excluding carboxylic acids is 1. The Hall–Kier alpha value is -3.58. The number of nitrogens with zero attached hydrogens (tertiary/aromatic N) is 2. The molecule has 1 amide bonds. The van der Waals surface area contributed by atoms with Crippen molar-refractivity contribution in [3.8, 4) is 11.1 Å². The van der Waals surface area contributed by atoms with Crippen LogP contribution in [0.4, 0.5) is 11.4 Å². The SMILES string of the molecule is Cc1cc(C(O)=C2C(=O)Nc3cc(C)c(-c4ccc(N5CCC(O)C5)cc4)cc32)on1. The van der Waals surface area contributed by atoms with Crippen LogP contribution in [0.25, 0.3) is 22.5 Å². The van der Waals surface area contributed by atoms with Gasteiger partial charge in [0.05, 0.1) is 17.4 Å². The Balaban J connectivity index is 1.54. The zero-order valence-electron chi connectivity index (χ0n) is 17.3. The number of hydrogen-bond donors (Lipinski definition) is 3. The van der Waals surface area contributed by atoms with E-state index in [9.17, 15) is 15.0 Å². The van der Waals surface area contributed by atoms with Gasteiger partial charge in [0.1, 0.15) is 0 Å². The summed E-state index contributed by atoms with van der Waals surface area (Å²) in [6.45, 7) is 5.25. The molecule has 7 nitrogen and oxygen atoms in total. The number of hydrogen-bond acceptors (Lipinski definition) is 6. The highest BCUT2D eigenvalue weighted by atomic mass is 16.5. The molecule has 5 rings (SSSR count). The fourth-order valence-corrected chi connectivity index (χ4v) is 4.30. The Labute approximate surface area is 179 Å². The summed E-state index contributed by atoms with van der Waals surface area (Å²) in [5.41, 5.74) is 6.16. The maximum Gasteiger partial charge on any atom is 0.260 e. The van der Waals surface area contributed by atoms with Gasteiger partial charge in [0.2, 0.25) is 5.76 Å². The number of aryl methyl sites for hydroxylation is 2. The number of amides is 1. The lowest BCUT2D eigenvalue weighted by Crippen LogP contribution is -2.20. The molecule has 2 aromatic carbocycles. The average molecular weight is 417 g/mol. The zero-order chi connectivity index (χ0) is 21.7. The van der Waals surface area contributed by atoms with Crippen LogP contribution < -0.4 is 10.2 Å². The number of rotatable bonds is 3. The molecular weight excluding hydrogens is 394 g/mol. The number of aromatic nitrogens is 1. The number of carbonyl (C=O) groups is 1. The van der Waals surface area contributed by atoms with Crippen LogP contribution in [-0.2, 0) is 4.79 Å². The molecule has 2 aliphatic rings. The molecule has 3 N–H and O–H groups in total. The molecule has 0 spiro atoms. The monoisotopic (exact) mass is 417 g/mol. The summed E-state index contributed by atoms with van der Waals surface area (Å²) in [4.78, 5) is 14.8. The molecule has 3 aromatic rings. The van der Waals surface area contributed by atoms with E-state index in [1.165, 1.54) is 0 Å². The number of fused-ring (bicyclic) bond motifs is 1. The summed E-state index contributed by atoms with van der Waals surface area (Å²) in [6, 6.07) is 13.6. The highest BCUT2D eigenvalue weighted by molar-refractivity contribution is 6.36. The van der Waals surface area contributed by atoms with Crippen molar-refractivity contribution in [3.63, 3.8) is 0 Å². The van der Waals surface area contributed by atoms with Gasteiger partial charge in [0.25, 0.3) is 5.91 Å². The Kier molecular flexibility index (Phi) is 4.55. The van der Waals surface area contributed by atoms with Crippen LogP contribution >= 0.6 is 0 Å². The number of aliphatic hydroxyl groups excluding tert-OH is 2. The lowest BCUT2D eigenvalue weighted by molar-refractivity contribution is -0.110. The Morgan fingerprint density at radius 1 is 1.16 bits per heavy atom. The van der Waals surface area contributed by atoms with Gasteiger partial charge in [0, 0.05) is 36.1 Å². The highest BCUT2D eigenvalue weighted by Gasteiger charge is 2.31. The van der Waals surface area contributed by atoms with Crippen molar-refractivity contribution >= 4 is 28.6 Å². The third kappa shape index (κ3) is 3.37. The van der Waals surface area contributed by atoms with Crippen LogP contribution in [0, 0.1) is 13.8 Å². The minimum Gasteiger partial charge on any atom is -0.504 e. The minimum atomic E-state index is -0.374. The number of aliphatic hydroxyl groups is 2. The Morgan fingerprint density at radius 2 is 1.94 bits per heavy atom. The second-order valence-electron chi connectivity index (χ2n) is 8.16. The van der Waals surface area contributed by atoms with Crippen molar-refractivity contribution in [1.82, 2.24) is 5.16 Å². The van der Waals surface area contributed by atoms with Crippen molar-refractivity contribution in [2.45, 2.75) is 26.4 Å². The van der Waals surface area contributed by atoms with E-state index in [1.54, 1.807) is 13.0 Å². The van der Waals surface area contributed by atoms with Crippen molar-refractivity contribution < 1.29 is 19.5 Å². The molecule has 158 valence electrons. The second-order valence-corrected chi connectivity index (χ2v) is 8.16. The number of nitrogens with one attached hydrogen (secondary N) is 1. The Morgan fingerprint density at radius 3 is 2.58 bits per heavy atom. The maximum atomic E-state index is 12.6. The number of anilines is 2. The average Bonchev–Trinajstić information content (AvgIpc) is 3.45. The summed E-state index contributed by atoms with van der Waals surface area (Å²) in [5.74, 6) is -0.439. The van der Waals surface area contributed by atoms with E-state index in [1.807, 2.05) is 31.2 Å². The molecule has 1 atom stereocenters. The van der Waals surface area contributed by atoms with Gasteiger partial charge in [-0.2, -0.15) is 0 Å². The fraction of sp³-hybridized carbons (Fsp3) is 0.250. The van der Waals surface area contributed by atoms with Crippen LogP contribution in [0.15, 0.2) is 47.0 Å². The van der Waals surface area contributed by atoms with E-state index in [2.05, 4.69) is 27.5 Å². The van der Waals surface area contributed by atoms with E-state index < -0.39 is 0 Å². The van der Waals surface area contributed by atoms with Gasteiger partial charge >= 0.3 is 0 Å². The first-order chi connectivity index (χ1) is 14.9. The van der Waals surface area contributed by atoms with E-state index >= 15 is 0 Å². The van der Waals surface area contributed by atoms with E-state index in [-0.39, 0.29) is 29.1 Å². The minimum absolute atomic E-state index is 0.162. The molecule has 31 heavy (non-hydrogen) atoms. The van der Waals surface area contributed by atoms with Gasteiger partial charge in [-0.05, 0) is 61.2 Å². The summed E-state index contributed by atoms with van der Waals surface area (Å²) in [6.07, 6.45) is 0.519. The van der Waals surface area contributed by atoms with Gasteiger partial charge in [-0.15, -0.1) is 0 Å². The second kappa shape index (κ2) is 7.28. The molecule has 1 aromatic heterocycles. The van der Waals surface area contributed by atoms with E-state index in [0.29, 0.717) is 23.5 Å². The first-order valence-corrected chi connectivity index (χ1v) is 10.3.